The lowest BCUT2D eigenvalue weighted by atomic mass is 9.90. The summed E-state index contributed by atoms with van der Waals surface area (Å²) in [6, 6.07) is 0. The number of nitrogens with one attached hydrogen (secondary N) is 1. The lowest BCUT2D eigenvalue weighted by Gasteiger charge is -2.22. The van der Waals surface area contributed by atoms with E-state index in [0.29, 0.717) is 17.5 Å². The molecule has 1 aromatic heterocycles. The van der Waals surface area contributed by atoms with E-state index >= 15 is 0 Å². The zero-order valence-corrected chi connectivity index (χ0v) is 7.31. The van der Waals surface area contributed by atoms with Crippen LogP contribution in [-0.2, 0) is 0 Å². The van der Waals surface area contributed by atoms with Crippen molar-refractivity contribution in [2.45, 2.75) is 30.5 Å². The van der Waals surface area contributed by atoms with E-state index in [1.165, 1.54) is 0 Å². The maximum Gasteiger partial charge on any atom is 0.195 e. The first kappa shape index (κ1) is 8.14. The van der Waals surface area contributed by atoms with Crippen LogP contribution in [0.1, 0.15) is 29.4 Å². The predicted octanol–water partition coefficient (Wildman–Crippen LogP) is -0.268. The smallest absolute Gasteiger partial charge is 0.195 e. The second kappa shape index (κ2) is 2.24. The zero-order chi connectivity index (χ0) is 10.0. The van der Waals surface area contributed by atoms with Crippen molar-refractivity contribution >= 4 is 0 Å². The van der Waals surface area contributed by atoms with Crippen LogP contribution in [0.25, 0.3) is 0 Å². The maximum absolute atomic E-state index is 9.61. The lowest BCUT2D eigenvalue weighted by molar-refractivity contribution is 0.0211. The van der Waals surface area contributed by atoms with Crippen molar-refractivity contribution in [2.75, 3.05) is 0 Å². The van der Waals surface area contributed by atoms with Gasteiger partial charge in [0.05, 0.1) is 12.2 Å². The molecule has 0 aliphatic heterocycles. The Morgan fingerprint density at radius 1 is 0.929 bits per heavy atom. The molecule has 3 rings (SSSR count). The van der Waals surface area contributed by atoms with Crippen LogP contribution in [0, 0.1) is 0 Å². The number of aromatic nitrogens is 1. The highest BCUT2D eigenvalue weighted by Crippen LogP contribution is 2.58. The standard InChI is InChI=1S/C9H11NO4/c11-6-2-1-3(7(6)12)5-4(2)8(13)10-9(5)14/h2-3,6-7,10-14H,1H2. The summed E-state index contributed by atoms with van der Waals surface area (Å²) in [6.45, 7) is 0. The minimum atomic E-state index is -0.825. The van der Waals surface area contributed by atoms with Gasteiger partial charge in [-0.1, -0.05) is 0 Å². The van der Waals surface area contributed by atoms with Crippen molar-refractivity contribution in [2.24, 2.45) is 0 Å². The molecule has 14 heavy (non-hydrogen) atoms. The Hall–Kier alpha value is -1.20. The molecule has 5 heteroatoms. The summed E-state index contributed by atoms with van der Waals surface area (Å²) in [5.74, 6) is -0.670. The minimum Gasteiger partial charge on any atom is -0.494 e. The molecule has 5 nitrogen and oxygen atoms in total. The molecule has 76 valence electrons. The van der Waals surface area contributed by atoms with Gasteiger partial charge in [-0.05, 0) is 6.42 Å². The Balaban J connectivity index is 2.21. The second-order valence-corrected chi connectivity index (χ2v) is 4.08. The summed E-state index contributed by atoms with van der Waals surface area (Å²) in [5, 5.41) is 38.2. The normalized spacial score (nSPS) is 39.0. The highest BCUT2D eigenvalue weighted by molar-refractivity contribution is 5.55. The van der Waals surface area contributed by atoms with Gasteiger partial charge in [0.25, 0.3) is 0 Å². The van der Waals surface area contributed by atoms with Gasteiger partial charge in [-0.25, -0.2) is 0 Å². The van der Waals surface area contributed by atoms with E-state index in [1.54, 1.807) is 0 Å². The average Bonchev–Trinajstić information content (AvgIpc) is 2.71. The van der Waals surface area contributed by atoms with Gasteiger partial charge >= 0.3 is 0 Å². The third-order valence-corrected chi connectivity index (χ3v) is 3.46. The van der Waals surface area contributed by atoms with E-state index in [-0.39, 0.29) is 23.6 Å². The van der Waals surface area contributed by atoms with Crippen LogP contribution < -0.4 is 0 Å². The molecular weight excluding hydrogens is 186 g/mol. The molecule has 2 aliphatic rings. The van der Waals surface area contributed by atoms with Crippen LogP contribution in [0.3, 0.4) is 0 Å². The summed E-state index contributed by atoms with van der Waals surface area (Å²) >= 11 is 0. The molecule has 2 aliphatic carbocycles. The fourth-order valence-corrected chi connectivity index (χ4v) is 2.86. The van der Waals surface area contributed by atoms with Crippen LogP contribution in [0.5, 0.6) is 11.8 Å². The van der Waals surface area contributed by atoms with E-state index in [9.17, 15) is 20.4 Å². The number of hydrogen-bond acceptors (Lipinski definition) is 4. The van der Waals surface area contributed by atoms with Crippen LogP contribution >= 0.6 is 0 Å². The fraction of sp³-hybridized carbons (Fsp3) is 0.556. The number of aliphatic hydroxyl groups excluding tert-OH is 2. The number of fused-ring (bicyclic) bond motifs is 5. The molecule has 1 heterocycles. The average molecular weight is 197 g/mol. The highest BCUT2D eigenvalue weighted by Gasteiger charge is 2.53. The van der Waals surface area contributed by atoms with Gasteiger partial charge in [-0.2, -0.15) is 0 Å². The predicted molar refractivity (Wildman–Crippen MR) is 46.2 cm³/mol. The summed E-state index contributed by atoms with van der Waals surface area (Å²) in [5.41, 5.74) is 1.15. The fourth-order valence-electron chi connectivity index (χ4n) is 2.86. The van der Waals surface area contributed by atoms with Crippen LogP contribution in [0.4, 0.5) is 0 Å². The number of aromatic amines is 1. The molecule has 0 saturated heterocycles. The quantitative estimate of drug-likeness (QED) is 0.395. The molecule has 2 bridgehead atoms. The van der Waals surface area contributed by atoms with Gasteiger partial charge in [0, 0.05) is 23.0 Å². The summed E-state index contributed by atoms with van der Waals surface area (Å²) in [6.07, 6.45) is -1.05. The van der Waals surface area contributed by atoms with Crippen molar-refractivity contribution in [3.63, 3.8) is 0 Å². The molecule has 0 spiro atoms. The van der Waals surface area contributed by atoms with Crippen LogP contribution in [0.15, 0.2) is 0 Å². The molecule has 1 fully saturated rings. The Morgan fingerprint density at radius 2 is 1.36 bits per heavy atom. The minimum absolute atomic E-state index is 0.0871. The van der Waals surface area contributed by atoms with Crippen molar-refractivity contribution < 1.29 is 20.4 Å². The van der Waals surface area contributed by atoms with Crippen molar-refractivity contribution in [3.8, 4) is 11.8 Å². The van der Waals surface area contributed by atoms with E-state index in [2.05, 4.69) is 4.98 Å². The first-order valence-corrected chi connectivity index (χ1v) is 4.61. The van der Waals surface area contributed by atoms with Gasteiger partial charge in [-0.3, -0.25) is 4.98 Å². The maximum atomic E-state index is 9.61. The lowest BCUT2D eigenvalue weighted by Crippen LogP contribution is -2.30. The third-order valence-electron chi connectivity index (χ3n) is 3.46. The van der Waals surface area contributed by atoms with E-state index in [0.717, 1.165) is 0 Å². The third kappa shape index (κ3) is 0.689. The molecule has 4 unspecified atom stereocenters. The van der Waals surface area contributed by atoms with E-state index in [4.69, 9.17) is 0 Å². The molecule has 5 N–H and O–H groups in total. The number of rotatable bonds is 0. The first-order chi connectivity index (χ1) is 6.61. The summed E-state index contributed by atoms with van der Waals surface area (Å²) < 4.78 is 0. The molecule has 1 saturated carbocycles. The summed E-state index contributed by atoms with van der Waals surface area (Å²) in [7, 11) is 0. The largest absolute Gasteiger partial charge is 0.494 e. The summed E-state index contributed by atoms with van der Waals surface area (Å²) in [4.78, 5) is 2.41. The van der Waals surface area contributed by atoms with Crippen molar-refractivity contribution in [1.29, 1.82) is 0 Å². The Kier molecular flexibility index (Phi) is 1.30. The van der Waals surface area contributed by atoms with Gasteiger partial charge in [0.15, 0.2) is 11.8 Å². The molecule has 0 radical (unpaired) electrons. The number of aromatic hydroxyl groups is 2. The number of H-pyrrole nitrogens is 1. The van der Waals surface area contributed by atoms with E-state index < -0.39 is 12.2 Å². The van der Waals surface area contributed by atoms with Crippen LogP contribution in [-0.4, -0.2) is 37.6 Å². The Labute approximate surface area is 79.6 Å². The second-order valence-electron chi connectivity index (χ2n) is 4.08. The van der Waals surface area contributed by atoms with Gasteiger partial charge < -0.3 is 20.4 Å². The van der Waals surface area contributed by atoms with Crippen molar-refractivity contribution in [1.82, 2.24) is 4.98 Å². The monoisotopic (exact) mass is 197 g/mol. The van der Waals surface area contributed by atoms with Crippen LogP contribution in [0.2, 0.25) is 0 Å². The molecule has 0 aromatic carbocycles. The molecular formula is C9H11NO4. The molecule has 1 aromatic rings. The van der Waals surface area contributed by atoms with Crippen molar-refractivity contribution in [3.05, 3.63) is 11.1 Å². The molecule has 0 amide bonds. The van der Waals surface area contributed by atoms with E-state index in [1.807, 2.05) is 0 Å². The Bertz CT molecular complexity index is 365. The van der Waals surface area contributed by atoms with Gasteiger partial charge in [-0.15, -0.1) is 0 Å². The van der Waals surface area contributed by atoms with Gasteiger partial charge in [0.1, 0.15) is 0 Å². The highest BCUT2D eigenvalue weighted by atomic mass is 16.3. The molecule has 4 atom stereocenters. The van der Waals surface area contributed by atoms with Gasteiger partial charge in [0.2, 0.25) is 0 Å². The SMILES string of the molecule is Oc1[nH]c(O)c2c1C1CC2C(O)C1O. The topological polar surface area (TPSA) is 96.7 Å². The number of hydrogen-bond donors (Lipinski definition) is 5. The zero-order valence-electron chi connectivity index (χ0n) is 7.31. The number of aliphatic hydroxyl groups is 2. The first-order valence-electron chi connectivity index (χ1n) is 4.61. The Morgan fingerprint density at radius 3 is 1.79 bits per heavy atom.